The molecule has 0 amide bonds. The second-order valence-electron chi connectivity index (χ2n) is 12.6. The lowest BCUT2D eigenvalue weighted by molar-refractivity contribution is -0.161. The van der Waals surface area contributed by atoms with E-state index >= 15 is 0 Å². The fraction of sp³-hybridized carbons (Fsp3) is 0.889. The number of unbranched alkanes of at least 4 members (excludes halogenated alkanes) is 14. The number of allylic oxidation sites excluding steroid dienone is 1. The van der Waals surface area contributed by atoms with Crippen molar-refractivity contribution in [1.82, 2.24) is 0 Å². The Morgan fingerprint density at radius 3 is 2.02 bits per heavy atom. The summed E-state index contributed by atoms with van der Waals surface area (Å²) in [5, 5.41) is 9.52. The van der Waals surface area contributed by atoms with Crippen molar-refractivity contribution >= 4 is 11.9 Å². The minimum absolute atomic E-state index is 0.0748. The van der Waals surface area contributed by atoms with Gasteiger partial charge in [0.25, 0.3) is 0 Å². The monoisotopic (exact) mass is 594 g/mol. The maximum absolute atomic E-state index is 12.1. The number of hydrogen-bond acceptors (Lipinski definition) is 6. The van der Waals surface area contributed by atoms with Crippen molar-refractivity contribution in [3.8, 4) is 0 Å². The van der Waals surface area contributed by atoms with E-state index in [1.54, 1.807) is 0 Å². The smallest absolute Gasteiger partial charge is 0.306 e. The van der Waals surface area contributed by atoms with Gasteiger partial charge in [0.15, 0.2) is 6.10 Å². The number of ether oxygens (including phenoxy) is 3. The van der Waals surface area contributed by atoms with Crippen molar-refractivity contribution in [2.75, 3.05) is 13.2 Å². The highest BCUT2D eigenvalue weighted by Gasteiger charge is 2.36. The van der Waals surface area contributed by atoms with Crippen molar-refractivity contribution in [2.24, 2.45) is 5.92 Å². The van der Waals surface area contributed by atoms with Gasteiger partial charge in [-0.2, -0.15) is 0 Å². The summed E-state index contributed by atoms with van der Waals surface area (Å²) >= 11 is 0. The van der Waals surface area contributed by atoms with Gasteiger partial charge in [0.1, 0.15) is 6.61 Å². The number of rotatable bonds is 30. The van der Waals surface area contributed by atoms with Crippen molar-refractivity contribution in [1.29, 1.82) is 0 Å². The molecule has 1 aliphatic heterocycles. The molecule has 6 heteroatoms. The van der Waals surface area contributed by atoms with E-state index in [0.29, 0.717) is 25.0 Å². The molecular formula is C36H66O6. The molecule has 4 atom stereocenters. The first-order valence-corrected chi connectivity index (χ1v) is 17.8. The first-order chi connectivity index (χ1) is 20.5. The number of aliphatic hydroxyl groups is 1. The second kappa shape index (κ2) is 27.2. The number of hydrogen-bond donors (Lipinski definition) is 1. The molecular weight excluding hydrogens is 528 g/mol. The highest BCUT2D eigenvalue weighted by Crippen LogP contribution is 2.30. The molecule has 1 fully saturated rings. The zero-order valence-electron chi connectivity index (χ0n) is 27.6. The molecule has 3 unspecified atom stereocenters. The summed E-state index contributed by atoms with van der Waals surface area (Å²) in [6.45, 7) is 6.42. The Hall–Kier alpha value is -1.40. The molecule has 0 aromatic rings. The lowest BCUT2D eigenvalue weighted by Gasteiger charge is -2.15. The number of carbonyl (C=O) groups excluding carboxylic acids is 2. The molecule has 1 rings (SSSR count). The third-order valence-electron chi connectivity index (χ3n) is 8.52. The summed E-state index contributed by atoms with van der Waals surface area (Å²) in [5.74, 6) is 0.241. The minimum atomic E-state index is -0.776. The van der Waals surface area contributed by atoms with Gasteiger partial charge in [-0.15, -0.1) is 0 Å². The molecule has 42 heavy (non-hydrogen) atoms. The van der Waals surface area contributed by atoms with Gasteiger partial charge in [0, 0.05) is 12.8 Å². The van der Waals surface area contributed by atoms with Gasteiger partial charge >= 0.3 is 11.9 Å². The topological polar surface area (TPSA) is 85.4 Å². The molecule has 6 nitrogen and oxygen atoms in total. The van der Waals surface area contributed by atoms with Crippen LogP contribution in [0, 0.1) is 5.92 Å². The predicted molar refractivity (Wildman–Crippen MR) is 172 cm³/mol. The number of carbonyl (C=O) groups is 2. The maximum Gasteiger partial charge on any atom is 0.306 e. The van der Waals surface area contributed by atoms with Crippen LogP contribution in [-0.2, 0) is 23.8 Å². The van der Waals surface area contributed by atoms with E-state index in [9.17, 15) is 14.7 Å². The van der Waals surface area contributed by atoms with Gasteiger partial charge in [0.2, 0.25) is 0 Å². The highest BCUT2D eigenvalue weighted by molar-refractivity contribution is 5.70. The molecule has 0 aromatic carbocycles. The SMILES string of the molecule is CCCCC/C=C\CC1OC1CCCCCCCC(=O)OC[C@H](CO)OC(=O)CCCCCCCCCCC(C)CC. The molecule has 246 valence electrons. The molecule has 1 heterocycles. The maximum atomic E-state index is 12.1. The van der Waals surface area contributed by atoms with Crippen LogP contribution in [0.5, 0.6) is 0 Å². The van der Waals surface area contributed by atoms with E-state index in [2.05, 4.69) is 32.9 Å². The zero-order chi connectivity index (χ0) is 30.7. The fourth-order valence-electron chi connectivity index (χ4n) is 5.30. The lowest BCUT2D eigenvalue weighted by atomic mass is 9.99. The van der Waals surface area contributed by atoms with Crippen LogP contribution in [0.1, 0.15) is 168 Å². The fourth-order valence-corrected chi connectivity index (χ4v) is 5.30. The van der Waals surface area contributed by atoms with Gasteiger partial charge in [-0.1, -0.05) is 129 Å². The van der Waals surface area contributed by atoms with Crippen LogP contribution >= 0.6 is 0 Å². The Bertz CT molecular complexity index is 678. The Morgan fingerprint density at radius 1 is 0.762 bits per heavy atom. The zero-order valence-corrected chi connectivity index (χ0v) is 27.6. The van der Waals surface area contributed by atoms with Crippen molar-refractivity contribution < 1.29 is 28.9 Å². The number of aliphatic hydroxyl groups excluding tert-OH is 1. The lowest BCUT2D eigenvalue weighted by Crippen LogP contribution is -2.28. The molecule has 0 spiro atoms. The van der Waals surface area contributed by atoms with Crippen LogP contribution in [0.25, 0.3) is 0 Å². The van der Waals surface area contributed by atoms with E-state index in [1.165, 1.54) is 77.0 Å². The van der Waals surface area contributed by atoms with Gasteiger partial charge < -0.3 is 19.3 Å². The molecule has 1 aliphatic rings. The van der Waals surface area contributed by atoms with Crippen LogP contribution in [0.3, 0.4) is 0 Å². The third kappa shape index (κ3) is 23.1. The van der Waals surface area contributed by atoms with Crippen molar-refractivity contribution in [3.63, 3.8) is 0 Å². The highest BCUT2D eigenvalue weighted by atomic mass is 16.6. The summed E-state index contributed by atoms with van der Waals surface area (Å²) in [4.78, 5) is 24.2. The Kier molecular flexibility index (Phi) is 25.0. The van der Waals surface area contributed by atoms with Crippen LogP contribution < -0.4 is 0 Å². The normalized spacial score (nSPS) is 17.8. The van der Waals surface area contributed by atoms with E-state index in [4.69, 9.17) is 14.2 Å². The average Bonchev–Trinajstić information content (AvgIpc) is 3.74. The summed E-state index contributed by atoms with van der Waals surface area (Å²) in [6, 6.07) is 0. The third-order valence-corrected chi connectivity index (χ3v) is 8.52. The van der Waals surface area contributed by atoms with Crippen LogP contribution in [0.2, 0.25) is 0 Å². The van der Waals surface area contributed by atoms with Crippen molar-refractivity contribution in [3.05, 3.63) is 12.2 Å². The second-order valence-corrected chi connectivity index (χ2v) is 12.6. The van der Waals surface area contributed by atoms with Crippen molar-refractivity contribution in [2.45, 2.75) is 187 Å². The van der Waals surface area contributed by atoms with E-state index < -0.39 is 6.10 Å². The predicted octanol–water partition coefficient (Wildman–Crippen LogP) is 9.41. The van der Waals surface area contributed by atoms with Crippen LogP contribution in [0.15, 0.2) is 12.2 Å². The molecule has 0 aromatic heterocycles. The van der Waals surface area contributed by atoms with Gasteiger partial charge in [-0.05, 0) is 44.4 Å². The molecule has 0 saturated carbocycles. The first-order valence-electron chi connectivity index (χ1n) is 17.8. The van der Waals surface area contributed by atoms with E-state index in [-0.39, 0.29) is 25.2 Å². The Balaban J connectivity index is 1.91. The number of epoxide rings is 1. The first kappa shape index (κ1) is 38.6. The number of esters is 2. The average molecular weight is 595 g/mol. The standard InChI is InChI=1S/C36H66O6/c1-4-6-7-8-15-20-25-33-34(42-33)26-21-16-13-18-22-27-35(38)40-30-32(29-37)41-36(39)28-23-17-12-10-9-11-14-19-24-31(3)5-2/h15,20,31-34,37H,4-14,16-19,21-30H2,1-3H3/b20-15-/t31?,32-,33?,34?/m0/s1. The molecule has 0 aliphatic carbocycles. The van der Waals surface area contributed by atoms with Gasteiger partial charge in [-0.3, -0.25) is 9.59 Å². The van der Waals surface area contributed by atoms with Crippen LogP contribution in [-0.4, -0.2) is 48.6 Å². The Labute approximate surface area is 258 Å². The minimum Gasteiger partial charge on any atom is -0.462 e. The van der Waals surface area contributed by atoms with E-state index in [0.717, 1.165) is 63.7 Å². The summed E-state index contributed by atoms with van der Waals surface area (Å²) in [7, 11) is 0. The quantitative estimate of drug-likeness (QED) is 0.0386. The van der Waals surface area contributed by atoms with E-state index in [1.807, 2.05) is 0 Å². The molecule has 0 bridgehead atoms. The van der Waals surface area contributed by atoms with Gasteiger partial charge in [-0.25, -0.2) is 0 Å². The molecule has 1 saturated heterocycles. The molecule has 0 radical (unpaired) electrons. The Morgan fingerprint density at radius 2 is 1.38 bits per heavy atom. The molecule has 1 N–H and O–H groups in total. The summed E-state index contributed by atoms with van der Waals surface area (Å²) in [6.07, 6.45) is 30.0. The summed E-state index contributed by atoms with van der Waals surface area (Å²) in [5.41, 5.74) is 0. The summed E-state index contributed by atoms with van der Waals surface area (Å²) < 4.78 is 16.3. The van der Waals surface area contributed by atoms with Crippen LogP contribution in [0.4, 0.5) is 0 Å². The van der Waals surface area contributed by atoms with Gasteiger partial charge in [0.05, 0.1) is 18.8 Å². The largest absolute Gasteiger partial charge is 0.462 e.